The van der Waals surface area contributed by atoms with Crippen LogP contribution >= 0.6 is 0 Å². The molecule has 1 aromatic rings. The van der Waals surface area contributed by atoms with E-state index >= 15 is 0 Å². The van der Waals surface area contributed by atoms with Gasteiger partial charge in [0.25, 0.3) is 0 Å². The molecule has 2 heterocycles. The lowest BCUT2D eigenvalue weighted by Gasteiger charge is -2.34. The van der Waals surface area contributed by atoms with E-state index in [0.717, 1.165) is 19.0 Å². The Balaban J connectivity index is 2.03. The second kappa shape index (κ2) is 3.44. The Morgan fingerprint density at radius 2 is 2.40 bits per heavy atom. The summed E-state index contributed by atoms with van der Waals surface area (Å²) >= 11 is 0. The molecule has 0 amide bonds. The van der Waals surface area contributed by atoms with Gasteiger partial charge in [0, 0.05) is 19.1 Å². The molecule has 0 aliphatic carbocycles. The van der Waals surface area contributed by atoms with Gasteiger partial charge in [-0.15, -0.1) is 0 Å². The van der Waals surface area contributed by atoms with Crippen LogP contribution in [0.15, 0.2) is 18.2 Å². The fraction of sp³-hybridized carbons (Fsp3) is 0.538. The molecule has 0 aromatic heterocycles. The molecule has 1 unspecified atom stereocenters. The monoisotopic (exact) mass is 202 g/mol. The fourth-order valence-corrected chi connectivity index (χ4v) is 2.78. The van der Waals surface area contributed by atoms with Crippen LogP contribution in [0, 0.1) is 0 Å². The maximum absolute atomic E-state index is 3.54. The molecule has 15 heavy (non-hydrogen) atoms. The zero-order chi connectivity index (χ0) is 10.3. The Kier molecular flexibility index (Phi) is 2.08. The number of benzene rings is 1. The highest BCUT2D eigenvalue weighted by molar-refractivity contribution is 5.74. The van der Waals surface area contributed by atoms with Crippen LogP contribution in [0.5, 0.6) is 0 Å². The molecular formula is C13H18N2. The number of aryl methyl sites for hydroxylation is 1. The summed E-state index contributed by atoms with van der Waals surface area (Å²) in [4.78, 5) is 2.59. The lowest BCUT2D eigenvalue weighted by atomic mass is 10.1. The van der Waals surface area contributed by atoms with Gasteiger partial charge in [-0.25, -0.2) is 0 Å². The summed E-state index contributed by atoms with van der Waals surface area (Å²) in [7, 11) is 0. The number of hydrogen-bond acceptors (Lipinski definition) is 2. The maximum atomic E-state index is 3.54. The number of anilines is 2. The second-order valence-corrected chi connectivity index (χ2v) is 4.58. The average molecular weight is 202 g/mol. The number of nitrogens with zero attached hydrogens (tertiary/aromatic N) is 1. The van der Waals surface area contributed by atoms with Crippen LogP contribution in [-0.2, 0) is 6.42 Å². The molecule has 2 aliphatic rings. The van der Waals surface area contributed by atoms with Gasteiger partial charge in [0.1, 0.15) is 0 Å². The topological polar surface area (TPSA) is 15.3 Å². The molecule has 2 aliphatic heterocycles. The highest BCUT2D eigenvalue weighted by Gasteiger charge is 2.29. The summed E-state index contributed by atoms with van der Waals surface area (Å²) in [6.45, 7) is 4.59. The van der Waals surface area contributed by atoms with E-state index in [1.807, 2.05) is 0 Å². The van der Waals surface area contributed by atoms with E-state index in [9.17, 15) is 0 Å². The minimum atomic E-state index is 0.740. The van der Waals surface area contributed by atoms with Crippen molar-refractivity contribution in [2.24, 2.45) is 0 Å². The van der Waals surface area contributed by atoms with Crippen LogP contribution < -0.4 is 10.2 Å². The van der Waals surface area contributed by atoms with Gasteiger partial charge >= 0.3 is 0 Å². The minimum Gasteiger partial charge on any atom is -0.381 e. The van der Waals surface area contributed by atoms with Crippen LogP contribution in [-0.4, -0.2) is 19.1 Å². The van der Waals surface area contributed by atoms with E-state index in [1.54, 1.807) is 0 Å². The first-order valence-corrected chi connectivity index (χ1v) is 6.02. The molecule has 1 N–H and O–H groups in total. The molecule has 2 heteroatoms. The van der Waals surface area contributed by atoms with Crippen LogP contribution in [0.2, 0.25) is 0 Å². The van der Waals surface area contributed by atoms with Crippen molar-refractivity contribution >= 4 is 11.4 Å². The number of rotatable bonds is 1. The Morgan fingerprint density at radius 1 is 1.47 bits per heavy atom. The van der Waals surface area contributed by atoms with Gasteiger partial charge in [0.05, 0.1) is 11.4 Å². The first-order valence-electron chi connectivity index (χ1n) is 6.02. The van der Waals surface area contributed by atoms with E-state index in [2.05, 4.69) is 35.3 Å². The predicted molar refractivity (Wildman–Crippen MR) is 64.7 cm³/mol. The molecule has 1 fully saturated rings. The lowest BCUT2D eigenvalue weighted by molar-refractivity contribution is 0.683. The van der Waals surface area contributed by atoms with Crippen molar-refractivity contribution < 1.29 is 0 Å². The third-order valence-electron chi connectivity index (χ3n) is 3.69. The van der Waals surface area contributed by atoms with E-state index < -0.39 is 0 Å². The Bertz CT molecular complexity index is 373. The predicted octanol–water partition coefficient (Wildman–Crippen LogP) is 2.64. The number of nitrogens with one attached hydrogen (secondary N) is 1. The van der Waals surface area contributed by atoms with Gasteiger partial charge < -0.3 is 10.2 Å². The van der Waals surface area contributed by atoms with Crippen LogP contribution in [0.25, 0.3) is 0 Å². The number of hydrogen-bond donors (Lipinski definition) is 1. The second-order valence-electron chi connectivity index (χ2n) is 4.58. The van der Waals surface area contributed by atoms with Crippen molar-refractivity contribution in [3.8, 4) is 0 Å². The van der Waals surface area contributed by atoms with Gasteiger partial charge in [0.2, 0.25) is 0 Å². The van der Waals surface area contributed by atoms with Crippen molar-refractivity contribution in [2.75, 3.05) is 23.3 Å². The molecule has 0 bridgehead atoms. The molecular weight excluding hydrogens is 184 g/mol. The van der Waals surface area contributed by atoms with Crippen molar-refractivity contribution in [3.05, 3.63) is 23.8 Å². The quantitative estimate of drug-likeness (QED) is 0.753. The first kappa shape index (κ1) is 9.08. The molecule has 0 spiro atoms. The standard InChI is InChI=1S/C13H18N2/c1-2-10-5-6-12-13(8-10)15-7-3-4-11(15)9-14-12/h5-6,8,11,14H,2-4,7,9H2,1H3. The summed E-state index contributed by atoms with van der Waals surface area (Å²) in [5.74, 6) is 0. The zero-order valence-corrected chi connectivity index (χ0v) is 9.29. The van der Waals surface area contributed by atoms with Crippen LogP contribution in [0.1, 0.15) is 25.3 Å². The van der Waals surface area contributed by atoms with E-state index in [0.29, 0.717) is 0 Å². The van der Waals surface area contributed by atoms with E-state index in [1.165, 1.54) is 36.3 Å². The average Bonchev–Trinajstić information content (AvgIpc) is 2.76. The highest BCUT2D eigenvalue weighted by Crippen LogP contribution is 2.36. The minimum absolute atomic E-state index is 0.740. The SMILES string of the molecule is CCc1ccc2c(c1)N1CCCC1CN2. The third-order valence-corrected chi connectivity index (χ3v) is 3.69. The molecule has 3 rings (SSSR count). The van der Waals surface area contributed by atoms with Gasteiger partial charge in [-0.05, 0) is 37.0 Å². The van der Waals surface area contributed by atoms with Gasteiger partial charge in [-0.2, -0.15) is 0 Å². The highest BCUT2D eigenvalue weighted by atomic mass is 15.2. The van der Waals surface area contributed by atoms with Crippen LogP contribution in [0.4, 0.5) is 11.4 Å². The molecule has 1 saturated heterocycles. The molecule has 1 atom stereocenters. The summed E-state index contributed by atoms with van der Waals surface area (Å²) in [6.07, 6.45) is 3.83. The molecule has 0 radical (unpaired) electrons. The van der Waals surface area contributed by atoms with Gasteiger partial charge in [-0.1, -0.05) is 13.0 Å². The normalized spacial score (nSPS) is 23.3. The molecule has 1 aromatic carbocycles. The molecule has 2 nitrogen and oxygen atoms in total. The lowest BCUT2D eigenvalue weighted by Crippen LogP contribution is -2.39. The Morgan fingerprint density at radius 3 is 3.27 bits per heavy atom. The van der Waals surface area contributed by atoms with Crippen LogP contribution in [0.3, 0.4) is 0 Å². The Labute approximate surface area is 91.3 Å². The summed E-state index contributed by atoms with van der Waals surface area (Å²) in [5.41, 5.74) is 4.21. The summed E-state index contributed by atoms with van der Waals surface area (Å²) in [5, 5.41) is 3.54. The fourth-order valence-electron chi connectivity index (χ4n) is 2.78. The molecule has 0 saturated carbocycles. The maximum Gasteiger partial charge on any atom is 0.0607 e. The van der Waals surface area contributed by atoms with Gasteiger partial charge in [0.15, 0.2) is 0 Å². The zero-order valence-electron chi connectivity index (χ0n) is 9.29. The van der Waals surface area contributed by atoms with Crippen molar-refractivity contribution in [1.82, 2.24) is 0 Å². The van der Waals surface area contributed by atoms with Crippen molar-refractivity contribution in [1.29, 1.82) is 0 Å². The summed E-state index contributed by atoms with van der Waals surface area (Å²) < 4.78 is 0. The van der Waals surface area contributed by atoms with Crippen molar-refractivity contribution in [2.45, 2.75) is 32.2 Å². The molecule has 80 valence electrons. The van der Waals surface area contributed by atoms with Gasteiger partial charge in [-0.3, -0.25) is 0 Å². The smallest absolute Gasteiger partial charge is 0.0607 e. The van der Waals surface area contributed by atoms with E-state index in [-0.39, 0.29) is 0 Å². The number of fused-ring (bicyclic) bond motifs is 3. The van der Waals surface area contributed by atoms with E-state index in [4.69, 9.17) is 0 Å². The largest absolute Gasteiger partial charge is 0.381 e. The Hall–Kier alpha value is -1.18. The first-order chi connectivity index (χ1) is 7.38. The van der Waals surface area contributed by atoms with Crippen molar-refractivity contribution in [3.63, 3.8) is 0 Å². The third kappa shape index (κ3) is 1.39. The summed E-state index contributed by atoms with van der Waals surface area (Å²) in [6, 6.07) is 7.58.